The van der Waals surface area contributed by atoms with E-state index < -0.39 is 7.14 Å². The first kappa shape index (κ1) is 15.0. The highest BCUT2D eigenvalue weighted by molar-refractivity contribution is 7.70. The van der Waals surface area contributed by atoms with Crippen molar-refractivity contribution >= 4 is 23.2 Å². The Morgan fingerprint density at radius 1 is 1.15 bits per heavy atom. The maximum atomic E-state index is 12.8. The lowest BCUT2D eigenvalue weighted by Crippen LogP contribution is -2.27. The smallest absolute Gasteiger partial charge is 0.274 e. The van der Waals surface area contributed by atoms with Gasteiger partial charge in [-0.3, -0.25) is 4.79 Å². The summed E-state index contributed by atoms with van der Waals surface area (Å²) >= 11 is 0. The third-order valence-electron chi connectivity index (χ3n) is 3.45. The van der Waals surface area contributed by atoms with Crippen molar-refractivity contribution in [1.29, 1.82) is 0 Å². The first-order valence-electron chi connectivity index (χ1n) is 6.58. The molecule has 0 radical (unpaired) electrons. The molecule has 4 nitrogen and oxygen atoms in total. The van der Waals surface area contributed by atoms with Gasteiger partial charge >= 0.3 is 0 Å². The summed E-state index contributed by atoms with van der Waals surface area (Å²) in [6, 6.07) is 3.75. The van der Waals surface area contributed by atoms with Gasteiger partial charge in [0.1, 0.15) is 7.14 Å². The summed E-state index contributed by atoms with van der Waals surface area (Å²) in [4.78, 5) is 12.2. The van der Waals surface area contributed by atoms with Gasteiger partial charge in [0.2, 0.25) is 0 Å². The summed E-state index contributed by atoms with van der Waals surface area (Å²) in [5.41, 5.74) is 0.734. The molecule has 1 aromatic carbocycles. The van der Waals surface area contributed by atoms with E-state index in [4.69, 9.17) is 0 Å². The highest BCUT2D eigenvalue weighted by Gasteiger charge is 2.27. The Labute approximate surface area is 119 Å². The molecule has 0 aliphatic carbocycles. The topological polar surface area (TPSA) is 52.0 Å². The monoisotopic (exact) mass is 292 g/mol. The van der Waals surface area contributed by atoms with E-state index in [9.17, 15) is 9.36 Å². The number of hydrogen-bond acceptors (Lipinski definition) is 3. The zero-order chi connectivity index (χ0) is 15.3. The van der Waals surface area contributed by atoms with Crippen molar-refractivity contribution in [2.75, 3.05) is 13.3 Å². The third-order valence-corrected chi connectivity index (χ3v) is 5.01. The Hall–Kier alpha value is -1.41. The fourth-order valence-corrected chi connectivity index (χ4v) is 4.23. The number of nitrogens with zero attached hydrogens (tertiary/aromatic N) is 2. The predicted octanol–water partition coefficient (Wildman–Crippen LogP) is 2.48. The Morgan fingerprint density at radius 2 is 1.75 bits per heavy atom. The van der Waals surface area contributed by atoms with Crippen LogP contribution in [0.5, 0.6) is 0 Å². The Kier molecular flexibility index (Phi) is 3.42. The van der Waals surface area contributed by atoms with Crippen LogP contribution in [-0.4, -0.2) is 23.1 Å². The molecule has 2 rings (SSSR count). The fourth-order valence-electron chi connectivity index (χ4n) is 2.48. The van der Waals surface area contributed by atoms with Gasteiger partial charge < -0.3 is 4.57 Å². The lowest BCUT2D eigenvalue weighted by Gasteiger charge is -2.26. The fraction of sp³-hybridized carbons (Fsp3) is 0.467. The summed E-state index contributed by atoms with van der Waals surface area (Å²) in [6.07, 6.45) is 1.65. The lowest BCUT2D eigenvalue weighted by molar-refractivity contribution is 0.580. The molecule has 0 N–H and O–H groups in total. The van der Waals surface area contributed by atoms with Gasteiger partial charge in [0, 0.05) is 17.7 Å². The number of hydrogen-bond donors (Lipinski definition) is 0. The quantitative estimate of drug-likeness (QED) is 0.759. The van der Waals surface area contributed by atoms with E-state index in [0.29, 0.717) is 10.8 Å². The van der Waals surface area contributed by atoms with Gasteiger partial charge in [-0.1, -0.05) is 26.8 Å². The van der Waals surface area contributed by atoms with Crippen LogP contribution in [0.4, 0.5) is 0 Å². The van der Waals surface area contributed by atoms with E-state index in [0.717, 1.165) is 10.9 Å². The minimum atomic E-state index is -2.52. The molecule has 0 aliphatic rings. The van der Waals surface area contributed by atoms with Crippen LogP contribution in [0.2, 0.25) is 0 Å². The molecule has 0 saturated heterocycles. The van der Waals surface area contributed by atoms with E-state index >= 15 is 0 Å². The average molecular weight is 292 g/mol. The molecule has 5 heteroatoms. The van der Waals surface area contributed by atoms with Crippen LogP contribution >= 0.6 is 7.14 Å². The minimum absolute atomic E-state index is 0.133. The molecule has 20 heavy (non-hydrogen) atoms. The van der Waals surface area contributed by atoms with Gasteiger partial charge in [-0.25, -0.2) is 4.68 Å². The summed E-state index contributed by atoms with van der Waals surface area (Å²) in [6.45, 7) is 9.74. The maximum Gasteiger partial charge on any atom is 0.274 e. The van der Waals surface area contributed by atoms with E-state index in [2.05, 4.69) is 25.9 Å². The first-order valence-corrected chi connectivity index (χ1v) is 9.18. The normalized spacial score (nSPS) is 12.9. The van der Waals surface area contributed by atoms with Crippen LogP contribution in [0.1, 0.15) is 26.3 Å². The molecule has 0 amide bonds. The predicted molar refractivity (Wildman–Crippen MR) is 84.8 cm³/mol. The molecule has 1 aromatic heterocycles. The molecule has 0 spiro atoms. The van der Waals surface area contributed by atoms with Crippen molar-refractivity contribution in [2.24, 2.45) is 7.05 Å². The van der Waals surface area contributed by atoms with Crippen LogP contribution in [0.3, 0.4) is 0 Å². The number of aromatic nitrogens is 2. The van der Waals surface area contributed by atoms with Crippen molar-refractivity contribution in [3.63, 3.8) is 0 Å². The van der Waals surface area contributed by atoms with Crippen LogP contribution < -0.4 is 10.9 Å². The minimum Gasteiger partial charge on any atom is -0.319 e. The molecule has 108 valence electrons. The molecule has 0 bridgehead atoms. The molecule has 0 aliphatic heterocycles. The van der Waals surface area contributed by atoms with E-state index in [1.165, 1.54) is 4.68 Å². The van der Waals surface area contributed by atoms with Crippen molar-refractivity contribution in [3.05, 3.63) is 34.2 Å². The van der Waals surface area contributed by atoms with Gasteiger partial charge in [-0.05, 0) is 30.4 Å². The molecular formula is C15H21N2O2P. The summed E-state index contributed by atoms with van der Waals surface area (Å²) < 4.78 is 14.1. The largest absolute Gasteiger partial charge is 0.319 e. The van der Waals surface area contributed by atoms with Gasteiger partial charge in [-0.2, -0.15) is 5.10 Å². The zero-order valence-electron chi connectivity index (χ0n) is 12.9. The first-order chi connectivity index (χ1) is 9.03. The molecule has 2 aromatic rings. The molecule has 1 heterocycles. The second kappa shape index (κ2) is 4.56. The average Bonchev–Trinajstić information content (AvgIpc) is 2.30. The van der Waals surface area contributed by atoms with Gasteiger partial charge in [0.25, 0.3) is 5.56 Å². The second-order valence-corrected chi connectivity index (χ2v) is 9.75. The second-order valence-electron chi connectivity index (χ2n) is 6.60. The van der Waals surface area contributed by atoms with Crippen molar-refractivity contribution < 1.29 is 4.57 Å². The third kappa shape index (κ3) is 2.45. The number of fused-ring (bicyclic) bond motifs is 1. The summed E-state index contributed by atoms with van der Waals surface area (Å²) in [5.74, 6) is 0. The number of rotatable bonds is 1. The SMILES string of the molecule is Cn1ncc2c(P(C)(C)=O)c(C(C)(C)C)ccc2c1=O. The molecule has 0 unspecified atom stereocenters. The number of aryl methyl sites for hydroxylation is 1. The Balaban J connectivity index is 3.05. The highest BCUT2D eigenvalue weighted by Crippen LogP contribution is 2.41. The molecule has 0 atom stereocenters. The highest BCUT2D eigenvalue weighted by atomic mass is 31.2. The van der Waals surface area contributed by atoms with Crippen molar-refractivity contribution in [3.8, 4) is 0 Å². The van der Waals surface area contributed by atoms with Gasteiger partial charge in [0.05, 0.1) is 11.6 Å². The van der Waals surface area contributed by atoms with Crippen LogP contribution in [-0.2, 0) is 17.0 Å². The van der Waals surface area contributed by atoms with Crippen LogP contribution in [0, 0.1) is 0 Å². The summed E-state index contributed by atoms with van der Waals surface area (Å²) in [5, 5.41) is 6.17. The van der Waals surface area contributed by atoms with Crippen molar-refractivity contribution in [2.45, 2.75) is 26.2 Å². The molecular weight excluding hydrogens is 271 g/mol. The zero-order valence-corrected chi connectivity index (χ0v) is 13.8. The van der Waals surface area contributed by atoms with Crippen molar-refractivity contribution in [1.82, 2.24) is 9.78 Å². The molecule has 0 fully saturated rings. The van der Waals surface area contributed by atoms with Gasteiger partial charge in [-0.15, -0.1) is 0 Å². The standard InChI is InChI=1S/C15H21N2O2P/c1-15(2,3)12-8-7-10-11(13(12)20(5,6)19)9-16-17(4)14(10)18/h7-9H,1-6H3. The Morgan fingerprint density at radius 3 is 2.25 bits per heavy atom. The lowest BCUT2D eigenvalue weighted by atomic mass is 9.86. The maximum absolute atomic E-state index is 12.8. The molecule has 0 saturated carbocycles. The van der Waals surface area contributed by atoms with Crippen LogP contribution in [0.25, 0.3) is 10.8 Å². The van der Waals surface area contributed by atoms with Crippen LogP contribution in [0.15, 0.2) is 23.1 Å². The van der Waals surface area contributed by atoms with E-state index in [1.807, 2.05) is 12.1 Å². The van der Waals surface area contributed by atoms with Gasteiger partial charge in [0.15, 0.2) is 0 Å². The number of benzene rings is 1. The Bertz CT molecular complexity index is 779. The summed E-state index contributed by atoms with van der Waals surface area (Å²) in [7, 11) is -0.899. The van der Waals surface area contributed by atoms with E-state index in [-0.39, 0.29) is 11.0 Å². The van der Waals surface area contributed by atoms with E-state index in [1.54, 1.807) is 26.6 Å².